The molecular formula is C10H11ClO. The molecule has 0 saturated heterocycles. The number of rotatable bonds is 0. The summed E-state index contributed by atoms with van der Waals surface area (Å²) in [6.07, 6.45) is 1.67. The van der Waals surface area contributed by atoms with Crippen LogP contribution in [-0.2, 0) is 12.0 Å². The van der Waals surface area contributed by atoms with Gasteiger partial charge in [0, 0.05) is 5.02 Å². The molecule has 0 saturated carbocycles. The molecule has 0 fully saturated rings. The Hall–Kier alpha value is -0.530. The maximum absolute atomic E-state index is 9.91. The van der Waals surface area contributed by atoms with E-state index in [0.29, 0.717) is 0 Å². The van der Waals surface area contributed by atoms with Gasteiger partial charge in [0.25, 0.3) is 0 Å². The van der Waals surface area contributed by atoms with E-state index in [4.69, 9.17) is 11.6 Å². The van der Waals surface area contributed by atoms with E-state index in [9.17, 15) is 5.11 Å². The van der Waals surface area contributed by atoms with Crippen molar-refractivity contribution < 1.29 is 5.11 Å². The topological polar surface area (TPSA) is 20.2 Å². The molecule has 0 aliphatic heterocycles. The van der Waals surface area contributed by atoms with Crippen LogP contribution >= 0.6 is 11.6 Å². The highest BCUT2D eigenvalue weighted by Crippen LogP contribution is 2.39. The lowest BCUT2D eigenvalue weighted by Crippen LogP contribution is -2.16. The van der Waals surface area contributed by atoms with Gasteiger partial charge in [-0.1, -0.05) is 23.7 Å². The molecule has 1 aliphatic rings. The molecular weight excluding hydrogens is 172 g/mol. The zero-order chi connectivity index (χ0) is 8.77. The quantitative estimate of drug-likeness (QED) is 0.654. The average Bonchev–Trinajstić information content (AvgIpc) is 2.30. The first-order valence-corrected chi connectivity index (χ1v) is 4.49. The zero-order valence-electron chi connectivity index (χ0n) is 6.97. The highest BCUT2D eigenvalue weighted by atomic mass is 35.5. The Morgan fingerprint density at radius 3 is 2.92 bits per heavy atom. The third-order valence-electron chi connectivity index (χ3n) is 2.56. The molecule has 1 aromatic carbocycles. The monoisotopic (exact) mass is 182 g/mol. The van der Waals surface area contributed by atoms with Crippen molar-refractivity contribution >= 4 is 11.6 Å². The Bertz CT molecular complexity index is 318. The number of hydrogen-bond acceptors (Lipinski definition) is 1. The average molecular weight is 183 g/mol. The summed E-state index contributed by atoms with van der Waals surface area (Å²) in [4.78, 5) is 0. The predicted octanol–water partition coefficient (Wildman–Crippen LogP) is 2.49. The van der Waals surface area contributed by atoms with Crippen LogP contribution in [0.15, 0.2) is 18.2 Å². The van der Waals surface area contributed by atoms with Crippen LogP contribution < -0.4 is 0 Å². The molecule has 0 heterocycles. The first-order valence-electron chi connectivity index (χ1n) is 4.11. The molecule has 64 valence electrons. The molecule has 1 unspecified atom stereocenters. The van der Waals surface area contributed by atoms with Gasteiger partial charge in [-0.05, 0) is 37.0 Å². The molecule has 0 amide bonds. The van der Waals surface area contributed by atoms with Crippen LogP contribution in [0.5, 0.6) is 0 Å². The van der Waals surface area contributed by atoms with Gasteiger partial charge >= 0.3 is 0 Å². The number of hydrogen-bond donors (Lipinski definition) is 1. The minimum atomic E-state index is -0.666. The van der Waals surface area contributed by atoms with Crippen LogP contribution in [-0.4, -0.2) is 5.11 Å². The summed E-state index contributed by atoms with van der Waals surface area (Å²) in [6.45, 7) is 1.84. The smallest absolute Gasteiger partial charge is 0.0874 e. The van der Waals surface area contributed by atoms with Crippen molar-refractivity contribution in [1.29, 1.82) is 0 Å². The van der Waals surface area contributed by atoms with Crippen molar-refractivity contribution in [2.24, 2.45) is 0 Å². The first-order chi connectivity index (χ1) is 5.61. The zero-order valence-corrected chi connectivity index (χ0v) is 7.73. The normalized spacial score (nSPS) is 27.2. The highest BCUT2D eigenvalue weighted by Gasteiger charge is 2.32. The molecule has 2 heteroatoms. The maximum Gasteiger partial charge on any atom is 0.0874 e. The number of halogens is 1. The summed E-state index contributed by atoms with van der Waals surface area (Å²) in [5, 5.41) is 10.7. The van der Waals surface area contributed by atoms with E-state index in [1.54, 1.807) is 0 Å². The Morgan fingerprint density at radius 1 is 1.50 bits per heavy atom. The number of benzene rings is 1. The first kappa shape index (κ1) is 8.09. The summed E-state index contributed by atoms with van der Waals surface area (Å²) in [6, 6.07) is 5.72. The van der Waals surface area contributed by atoms with Crippen LogP contribution in [0.4, 0.5) is 0 Å². The number of aliphatic hydroxyl groups is 1. The van der Waals surface area contributed by atoms with Gasteiger partial charge in [-0.15, -0.1) is 0 Å². The van der Waals surface area contributed by atoms with E-state index < -0.39 is 5.60 Å². The van der Waals surface area contributed by atoms with Crippen LogP contribution in [0.25, 0.3) is 0 Å². The fourth-order valence-electron chi connectivity index (χ4n) is 1.82. The Morgan fingerprint density at radius 2 is 2.25 bits per heavy atom. The third-order valence-corrected chi connectivity index (χ3v) is 2.92. The lowest BCUT2D eigenvalue weighted by Gasteiger charge is -2.17. The SMILES string of the molecule is CC1(O)CCc2c(Cl)cccc21. The van der Waals surface area contributed by atoms with Crippen molar-refractivity contribution in [1.82, 2.24) is 0 Å². The van der Waals surface area contributed by atoms with E-state index in [-0.39, 0.29) is 0 Å². The lowest BCUT2D eigenvalue weighted by molar-refractivity contribution is 0.0595. The second-order valence-electron chi connectivity index (χ2n) is 3.54. The standard InChI is InChI=1S/C10H11ClO/c1-10(12)6-5-7-8(10)3-2-4-9(7)11/h2-4,12H,5-6H2,1H3. The molecule has 0 bridgehead atoms. The van der Waals surface area contributed by atoms with Gasteiger partial charge in [0.15, 0.2) is 0 Å². The van der Waals surface area contributed by atoms with Crippen LogP contribution in [0.1, 0.15) is 24.5 Å². The van der Waals surface area contributed by atoms with E-state index >= 15 is 0 Å². The van der Waals surface area contributed by atoms with Crippen molar-refractivity contribution in [2.45, 2.75) is 25.4 Å². The lowest BCUT2D eigenvalue weighted by atomic mass is 9.99. The Labute approximate surface area is 77.0 Å². The van der Waals surface area contributed by atoms with Crippen molar-refractivity contribution in [3.8, 4) is 0 Å². The van der Waals surface area contributed by atoms with E-state index in [0.717, 1.165) is 29.0 Å². The van der Waals surface area contributed by atoms with E-state index in [1.165, 1.54) is 0 Å². The minimum Gasteiger partial charge on any atom is -0.385 e. The summed E-state index contributed by atoms with van der Waals surface area (Å²) < 4.78 is 0. The Balaban J connectivity index is 2.61. The molecule has 12 heavy (non-hydrogen) atoms. The van der Waals surface area contributed by atoms with E-state index in [2.05, 4.69) is 0 Å². The molecule has 1 aromatic rings. The molecule has 0 spiro atoms. The van der Waals surface area contributed by atoms with Crippen LogP contribution in [0.3, 0.4) is 0 Å². The fraction of sp³-hybridized carbons (Fsp3) is 0.400. The van der Waals surface area contributed by atoms with E-state index in [1.807, 2.05) is 25.1 Å². The van der Waals surface area contributed by atoms with Gasteiger partial charge in [-0.2, -0.15) is 0 Å². The largest absolute Gasteiger partial charge is 0.385 e. The molecule has 2 rings (SSSR count). The van der Waals surface area contributed by atoms with Crippen molar-refractivity contribution in [3.63, 3.8) is 0 Å². The summed E-state index contributed by atoms with van der Waals surface area (Å²) >= 11 is 5.99. The molecule has 0 aromatic heterocycles. The predicted molar refractivity (Wildman–Crippen MR) is 49.3 cm³/mol. The summed E-state index contributed by atoms with van der Waals surface area (Å²) in [5.41, 5.74) is 1.44. The van der Waals surface area contributed by atoms with Gasteiger partial charge < -0.3 is 5.11 Å². The molecule has 1 atom stereocenters. The highest BCUT2D eigenvalue weighted by molar-refractivity contribution is 6.31. The summed E-state index contributed by atoms with van der Waals surface area (Å²) in [5.74, 6) is 0. The van der Waals surface area contributed by atoms with Gasteiger partial charge in [0.2, 0.25) is 0 Å². The van der Waals surface area contributed by atoms with Crippen LogP contribution in [0.2, 0.25) is 5.02 Å². The maximum atomic E-state index is 9.91. The third kappa shape index (κ3) is 1.05. The molecule has 0 radical (unpaired) electrons. The van der Waals surface area contributed by atoms with Gasteiger partial charge in [-0.3, -0.25) is 0 Å². The molecule has 1 aliphatic carbocycles. The second kappa shape index (κ2) is 2.48. The van der Waals surface area contributed by atoms with Gasteiger partial charge in [0.05, 0.1) is 5.60 Å². The van der Waals surface area contributed by atoms with Crippen molar-refractivity contribution in [2.75, 3.05) is 0 Å². The van der Waals surface area contributed by atoms with Gasteiger partial charge in [-0.25, -0.2) is 0 Å². The van der Waals surface area contributed by atoms with Gasteiger partial charge in [0.1, 0.15) is 0 Å². The Kier molecular flexibility index (Phi) is 1.67. The molecule has 1 nitrogen and oxygen atoms in total. The fourth-order valence-corrected chi connectivity index (χ4v) is 2.09. The second-order valence-corrected chi connectivity index (χ2v) is 3.95. The summed E-state index contributed by atoms with van der Waals surface area (Å²) in [7, 11) is 0. The number of fused-ring (bicyclic) bond motifs is 1. The van der Waals surface area contributed by atoms with Crippen molar-refractivity contribution in [3.05, 3.63) is 34.3 Å². The minimum absolute atomic E-state index is 0.666. The van der Waals surface area contributed by atoms with Crippen LogP contribution in [0, 0.1) is 0 Å². The molecule has 1 N–H and O–H groups in total.